The fourth-order valence-electron chi connectivity index (χ4n) is 6.38. The Morgan fingerprint density at radius 2 is 1.70 bits per heavy atom. The summed E-state index contributed by atoms with van der Waals surface area (Å²) in [7, 11) is 0. The van der Waals surface area contributed by atoms with Gasteiger partial charge in [-0.1, -0.05) is 56.3 Å². The number of hydrogen-bond acceptors (Lipinski definition) is 9. The maximum atomic E-state index is 14.5. The van der Waals surface area contributed by atoms with Crippen LogP contribution in [-0.4, -0.2) is 61.4 Å². The number of nitrogens with zero attached hydrogens (tertiary/aromatic N) is 5. The summed E-state index contributed by atoms with van der Waals surface area (Å²) in [5.74, 6) is -1.34. The highest BCUT2D eigenvalue weighted by Gasteiger charge is 2.31. The number of amides is 4. The highest BCUT2D eigenvalue weighted by atomic mass is 16.4. The second-order valence-electron chi connectivity index (χ2n) is 13.9. The van der Waals surface area contributed by atoms with E-state index in [4.69, 9.17) is 8.83 Å². The van der Waals surface area contributed by atoms with Crippen LogP contribution in [0.1, 0.15) is 117 Å². The maximum Gasteiger partial charge on any atom is 0.274 e. The minimum absolute atomic E-state index is 0.0000658. The van der Waals surface area contributed by atoms with Crippen molar-refractivity contribution in [2.75, 3.05) is 13.1 Å². The van der Waals surface area contributed by atoms with Gasteiger partial charge in [-0.25, -0.2) is 9.97 Å². The van der Waals surface area contributed by atoms with Crippen LogP contribution in [0, 0.1) is 26.7 Å². The fraction of sp³-hybridized carbons (Fsp3) is 0.359. The first-order chi connectivity index (χ1) is 25.3. The molecule has 0 saturated heterocycles. The zero-order chi connectivity index (χ0) is 37.8. The number of oxazole rings is 2. The average molecular weight is 721 g/mol. The van der Waals surface area contributed by atoms with Crippen molar-refractivity contribution in [3.05, 3.63) is 124 Å². The lowest BCUT2D eigenvalue weighted by Gasteiger charge is -2.29. The van der Waals surface area contributed by atoms with Gasteiger partial charge >= 0.3 is 0 Å². The molecule has 3 atom stereocenters. The lowest BCUT2D eigenvalue weighted by atomic mass is 10.0. The number of fused-ring (bicyclic) bond motifs is 4. The van der Waals surface area contributed by atoms with Gasteiger partial charge in [0.25, 0.3) is 17.7 Å². The van der Waals surface area contributed by atoms with Crippen LogP contribution in [-0.2, 0) is 11.3 Å². The fourth-order valence-corrected chi connectivity index (χ4v) is 6.38. The first-order valence-electron chi connectivity index (χ1n) is 17.6. The summed E-state index contributed by atoms with van der Waals surface area (Å²) < 4.78 is 13.4. The molecule has 0 fully saturated rings. The van der Waals surface area contributed by atoms with E-state index in [9.17, 15) is 19.2 Å². The van der Waals surface area contributed by atoms with Crippen molar-refractivity contribution in [1.82, 2.24) is 40.6 Å². The Labute approximate surface area is 307 Å². The number of hydrogen-bond donors (Lipinski definition) is 3. The highest BCUT2D eigenvalue weighted by molar-refractivity contribution is 5.97. The lowest BCUT2D eigenvalue weighted by Crippen LogP contribution is -2.46. The zero-order valence-electron chi connectivity index (χ0n) is 30.7. The molecule has 2 aromatic carbocycles. The first-order valence-corrected chi connectivity index (χ1v) is 17.6. The van der Waals surface area contributed by atoms with Crippen LogP contribution in [0.3, 0.4) is 0 Å². The van der Waals surface area contributed by atoms with E-state index in [1.807, 2.05) is 74.8 Å². The molecule has 4 heterocycles. The van der Waals surface area contributed by atoms with Crippen LogP contribution < -0.4 is 16.0 Å². The van der Waals surface area contributed by atoms with Crippen molar-refractivity contribution < 1.29 is 28.0 Å². The number of rotatable bonds is 6. The Balaban J connectivity index is 1.40. The number of aryl methyl sites for hydroxylation is 3. The zero-order valence-corrected chi connectivity index (χ0v) is 30.7. The molecule has 0 radical (unpaired) electrons. The van der Waals surface area contributed by atoms with Crippen LogP contribution in [0.2, 0.25) is 0 Å². The molecule has 3 aromatic heterocycles. The monoisotopic (exact) mass is 720 g/mol. The number of carbonyl (C=O) groups excluding carboxylic acids is 4. The molecule has 53 heavy (non-hydrogen) atoms. The average Bonchev–Trinajstić information content (AvgIpc) is 3.85. The molecule has 0 unspecified atom stereocenters. The predicted octanol–water partition coefficient (Wildman–Crippen LogP) is 5.15. The molecule has 0 saturated carbocycles. The minimum atomic E-state index is -0.755. The molecule has 1 aliphatic heterocycles. The number of benzene rings is 2. The molecule has 3 N–H and O–H groups in total. The number of nitrogens with one attached hydrogen (secondary N) is 3. The Hall–Kier alpha value is -6.05. The smallest absolute Gasteiger partial charge is 0.274 e. The van der Waals surface area contributed by atoms with Crippen LogP contribution in [0.15, 0.2) is 75.8 Å². The van der Waals surface area contributed by atoms with E-state index in [1.165, 1.54) is 11.2 Å². The molecule has 14 heteroatoms. The molecule has 14 nitrogen and oxygen atoms in total. The van der Waals surface area contributed by atoms with E-state index in [2.05, 4.69) is 31.0 Å². The van der Waals surface area contributed by atoms with Gasteiger partial charge in [0.15, 0.2) is 11.4 Å². The van der Waals surface area contributed by atoms with E-state index < -0.39 is 41.8 Å². The third-order valence-electron chi connectivity index (χ3n) is 8.98. The molecular weight excluding hydrogens is 676 g/mol. The van der Waals surface area contributed by atoms with Gasteiger partial charge in [0, 0.05) is 17.8 Å². The summed E-state index contributed by atoms with van der Waals surface area (Å²) in [6.07, 6.45) is 1.68. The third kappa shape index (κ3) is 8.71. The molecule has 0 spiro atoms. The summed E-state index contributed by atoms with van der Waals surface area (Å²) in [6, 6.07) is 16.2. The summed E-state index contributed by atoms with van der Waals surface area (Å²) in [5.41, 5.74) is 3.83. The van der Waals surface area contributed by atoms with Crippen molar-refractivity contribution in [1.29, 1.82) is 0 Å². The van der Waals surface area contributed by atoms with Crippen LogP contribution in [0.5, 0.6) is 0 Å². The van der Waals surface area contributed by atoms with E-state index in [0.717, 1.165) is 17.0 Å². The van der Waals surface area contributed by atoms with Gasteiger partial charge in [-0.3, -0.25) is 23.9 Å². The molecule has 5 aromatic rings. The van der Waals surface area contributed by atoms with E-state index in [1.54, 1.807) is 32.0 Å². The van der Waals surface area contributed by atoms with Crippen molar-refractivity contribution in [3.63, 3.8) is 0 Å². The Kier molecular flexibility index (Phi) is 10.9. The van der Waals surface area contributed by atoms with Gasteiger partial charge in [0.05, 0.1) is 24.8 Å². The summed E-state index contributed by atoms with van der Waals surface area (Å²) >= 11 is 0. The second-order valence-corrected chi connectivity index (χ2v) is 13.9. The van der Waals surface area contributed by atoms with E-state index in [-0.39, 0.29) is 47.9 Å². The van der Waals surface area contributed by atoms with Crippen LogP contribution in [0.4, 0.5) is 0 Å². The molecule has 4 amide bonds. The van der Waals surface area contributed by atoms with E-state index >= 15 is 0 Å². The van der Waals surface area contributed by atoms with Crippen molar-refractivity contribution in [2.24, 2.45) is 5.92 Å². The predicted molar refractivity (Wildman–Crippen MR) is 194 cm³/mol. The largest absolute Gasteiger partial charge is 0.446 e. The summed E-state index contributed by atoms with van der Waals surface area (Å²) in [4.78, 5) is 65.8. The van der Waals surface area contributed by atoms with Crippen LogP contribution in [0.25, 0.3) is 0 Å². The molecule has 1 aliphatic rings. The van der Waals surface area contributed by atoms with Crippen molar-refractivity contribution in [2.45, 2.75) is 72.6 Å². The molecular formula is C39H44N8O6. The number of carbonyl (C=O) groups is 4. The third-order valence-corrected chi connectivity index (χ3v) is 8.98. The summed E-state index contributed by atoms with van der Waals surface area (Å²) in [6.45, 7) is 11.2. The van der Waals surface area contributed by atoms with Gasteiger partial charge in [-0.15, -0.1) is 0 Å². The van der Waals surface area contributed by atoms with E-state index in [0.29, 0.717) is 24.1 Å². The van der Waals surface area contributed by atoms with Gasteiger partial charge in [0.1, 0.15) is 24.1 Å². The van der Waals surface area contributed by atoms with Crippen molar-refractivity contribution in [3.8, 4) is 0 Å². The molecule has 0 aliphatic carbocycles. The van der Waals surface area contributed by atoms with Crippen LogP contribution >= 0.6 is 0 Å². The molecule has 276 valence electrons. The first kappa shape index (κ1) is 36.7. The normalized spacial score (nSPS) is 18.6. The minimum Gasteiger partial charge on any atom is -0.446 e. The van der Waals surface area contributed by atoms with Gasteiger partial charge < -0.3 is 29.7 Å². The summed E-state index contributed by atoms with van der Waals surface area (Å²) in [5, 5.41) is 13.4. The standard InChI is InChI=1S/C39H44N8O6/c1-22(2)15-30-38-43-32(21-52-38)35(49)40-25(5)37-44-34(26(6)53-37)36(50)42-31(28-12-8-7-9-13-28)19-46(20-33(48)41-30)39(51)29-14-10-11-27(17-29)18-47-24(4)16-23(3)45-47/h7-14,16-17,21-22,25,30-31H,15,18-20H2,1-6H3,(H,40,49)(H,41,48)(H,42,50)/t25-,30+,31+/m0/s1. The Morgan fingerprint density at radius 1 is 0.925 bits per heavy atom. The van der Waals surface area contributed by atoms with Gasteiger partial charge in [-0.05, 0) is 69.4 Å². The Morgan fingerprint density at radius 3 is 2.42 bits per heavy atom. The maximum absolute atomic E-state index is 14.5. The molecule has 4 bridgehead atoms. The quantitative estimate of drug-likeness (QED) is 0.214. The van der Waals surface area contributed by atoms with Gasteiger partial charge in [-0.2, -0.15) is 5.10 Å². The highest BCUT2D eigenvalue weighted by Crippen LogP contribution is 2.24. The SMILES string of the molecule is Cc1cc(C)n(Cc2cccc(C(=O)N3CC(=O)N[C@H](CC(C)C)c4nc(co4)C(=O)N[C@@H](C)c4nc(c(C)o4)C(=O)N[C@@H](c4ccccc4)C3)c2)n1. The topological polar surface area (TPSA) is 177 Å². The second kappa shape index (κ2) is 15.7. The number of aromatic nitrogens is 4. The van der Waals surface area contributed by atoms with Gasteiger partial charge in [0.2, 0.25) is 17.7 Å². The molecule has 6 rings (SSSR count). The lowest BCUT2D eigenvalue weighted by molar-refractivity contribution is -0.122. The van der Waals surface area contributed by atoms with Crippen molar-refractivity contribution >= 4 is 23.6 Å². The Bertz CT molecular complexity index is 2120.